The predicted molar refractivity (Wildman–Crippen MR) is 47.4 cm³/mol. The van der Waals surface area contributed by atoms with Crippen molar-refractivity contribution in [3.8, 4) is 0 Å². The molecule has 0 saturated heterocycles. The van der Waals surface area contributed by atoms with E-state index < -0.39 is 0 Å². The van der Waals surface area contributed by atoms with E-state index in [4.69, 9.17) is 21.1 Å². The SMILES string of the molecule is COCCOC(=O)CCCCCl. The van der Waals surface area contributed by atoms with Crippen molar-refractivity contribution < 1.29 is 14.3 Å². The van der Waals surface area contributed by atoms with Crippen LogP contribution in [-0.4, -0.2) is 32.2 Å². The molecule has 0 aliphatic carbocycles. The fourth-order valence-corrected chi connectivity index (χ4v) is 0.864. The third-order valence-corrected chi connectivity index (χ3v) is 1.58. The number of alkyl halides is 1. The van der Waals surface area contributed by atoms with Crippen molar-refractivity contribution in [3.05, 3.63) is 0 Å². The molecule has 0 aromatic rings. The molecule has 0 heterocycles. The Balaban J connectivity index is 3.10. The molecule has 0 rings (SSSR count). The predicted octanol–water partition coefficient (Wildman–Crippen LogP) is 1.59. The second-order valence-electron chi connectivity index (χ2n) is 2.36. The van der Waals surface area contributed by atoms with Crippen molar-refractivity contribution >= 4 is 17.6 Å². The van der Waals surface area contributed by atoms with Gasteiger partial charge >= 0.3 is 5.97 Å². The zero-order chi connectivity index (χ0) is 9.23. The Morgan fingerprint density at radius 2 is 2.08 bits per heavy atom. The molecule has 0 radical (unpaired) electrons. The van der Waals surface area contributed by atoms with Crippen LogP contribution in [0.4, 0.5) is 0 Å². The number of methoxy groups -OCH3 is 1. The number of ether oxygens (including phenoxy) is 2. The molecular weight excluding hydrogens is 180 g/mol. The number of carbonyl (C=O) groups is 1. The van der Waals surface area contributed by atoms with Gasteiger partial charge < -0.3 is 9.47 Å². The average molecular weight is 195 g/mol. The van der Waals surface area contributed by atoms with Crippen LogP contribution in [0.1, 0.15) is 19.3 Å². The summed E-state index contributed by atoms with van der Waals surface area (Å²) in [6, 6.07) is 0. The molecule has 0 atom stereocenters. The smallest absolute Gasteiger partial charge is 0.305 e. The van der Waals surface area contributed by atoms with Crippen molar-refractivity contribution in [3.63, 3.8) is 0 Å². The van der Waals surface area contributed by atoms with Gasteiger partial charge in [-0.3, -0.25) is 4.79 Å². The highest BCUT2D eigenvalue weighted by Crippen LogP contribution is 1.98. The summed E-state index contributed by atoms with van der Waals surface area (Å²) in [6.07, 6.45) is 2.12. The molecule has 0 aromatic carbocycles. The van der Waals surface area contributed by atoms with E-state index in [1.165, 1.54) is 0 Å². The Morgan fingerprint density at radius 3 is 2.67 bits per heavy atom. The first-order valence-electron chi connectivity index (χ1n) is 4.01. The summed E-state index contributed by atoms with van der Waals surface area (Å²) in [5, 5.41) is 0. The molecule has 0 aliphatic rings. The van der Waals surface area contributed by atoms with Crippen LogP contribution in [0.25, 0.3) is 0 Å². The van der Waals surface area contributed by atoms with E-state index in [1.807, 2.05) is 0 Å². The van der Waals surface area contributed by atoms with Crippen LogP contribution in [0.5, 0.6) is 0 Å². The molecule has 0 unspecified atom stereocenters. The number of esters is 1. The number of hydrogen-bond acceptors (Lipinski definition) is 3. The second kappa shape index (κ2) is 8.81. The molecule has 3 nitrogen and oxygen atoms in total. The zero-order valence-corrected chi connectivity index (χ0v) is 8.10. The lowest BCUT2D eigenvalue weighted by atomic mass is 10.2. The molecular formula is C8H15ClO3. The lowest BCUT2D eigenvalue weighted by molar-refractivity contribution is -0.145. The van der Waals surface area contributed by atoms with Gasteiger partial charge in [-0.1, -0.05) is 0 Å². The summed E-state index contributed by atoms with van der Waals surface area (Å²) in [5.74, 6) is 0.433. The van der Waals surface area contributed by atoms with E-state index in [0.29, 0.717) is 25.5 Å². The third-order valence-electron chi connectivity index (χ3n) is 1.32. The molecule has 0 fully saturated rings. The molecule has 4 heteroatoms. The van der Waals surface area contributed by atoms with Crippen LogP contribution < -0.4 is 0 Å². The molecule has 0 spiro atoms. The number of hydrogen-bond donors (Lipinski definition) is 0. The fraction of sp³-hybridized carbons (Fsp3) is 0.875. The molecule has 0 amide bonds. The van der Waals surface area contributed by atoms with Gasteiger partial charge in [0.1, 0.15) is 6.61 Å². The maximum atomic E-state index is 10.9. The van der Waals surface area contributed by atoms with Crippen LogP contribution >= 0.6 is 11.6 Å². The Labute approximate surface area is 78.0 Å². The Bertz CT molecular complexity index is 105. The summed E-state index contributed by atoms with van der Waals surface area (Å²) < 4.78 is 9.54. The van der Waals surface area contributed by atoms with E-state index >= 15 is 0 Å². The van der Waals surface area contributed by atoms with Crippen LogP contribution in [0.3, 0.4) is 0 Å². The maximum absolute atomic E-state index is 10.9. The van der Waals surface area contributed by atoms with Gasteiger partial charge in [0, 0.05) is 19.4 Å². The molecule has 0 aliphatic heterocycles. The topological polar surface area (TPSA) is 35.5 Å². The molecule has 12 heavy (non-hydrogen) atoms. The zero-order valence-electron chi connectivity index (χ0n) is 7.35. The molecule has 72 valence electrons. The van der Waals surface area contributed by atoms with Crippen LogP contribution in [0.15, 0.2) is 0 Å². The van der Waals surface area contributed by atoms with Crippen molar-refractivity contribution in [2.24, 2.45) is 0 Å². The number of unbranched alkanes of at least 4 members (excludes halogenated alkanes) is 1. The normalized spacial score (nSPS) is 9.83. The highest BCUT2D eigenvalue weighted by Gasteiger charge is 2.00. The number of halogens is 1. The monoisotopic (exact) mass is 194 g/mol. The minimum absolute atomic E-state index is 0.169. The van der Waals surface area contributed by atoms with Gasteiger partial charge in [-0.2, -0.15) is 0 Å². The highest BCUT2D eigenvalue weighted by atomic mass is 35.5. The van der Waals surface area contributed by atoms with Crippen LogP contribution in [-0.2, 0) is 14.3 Å². The summed E-state index contributed by atoms with van der Waals surface area (Å²) in [4.78, 5) is 10.9. The van der Waals surface area contributed by atoms with E-state index in [2.05, 4.69) is 0 Å². The van der Waals surface area contributed by atoms with Gasteiger partial charge in [0.2, 0.25) is 0 Å². The van der Waals surface area contributed by atoms with Gasteiger partial charge in [-0.25, -0.2) is 0 Å². The summed E-state index contributed by atoms with van der Waals surface area (Å²) in [5.41, 5.74) is 0. The lowest BCUT2D eigenvalue weighted by Crippen LogP contribution is -2.09. The summed E-state index contributed by atoms with van der Waals surface area (Å²) >= 11 is 5.44. The van der Waals surface area contributed by atoms with Crippen LogP contribution in [0, 0.1) is 0 Å². The lowest BCUT2D eigenvalue weighted by Gasteiger charge is -2.02. The first kappa shape index (κ1) is 11.7. The Morgan fingerprint density at radius 1 is 1.33 bits per heavy atom. The molecule has 0 bridgehead atoms. The van der Waals surface area contributed by atoms with Gasteiger partial charge in [0.05, 0.1) is 6.61 Å². The number of carbonyl (C=O) groups excluding carboxylic acids is 1. The van der Waals surface area contributed by atoms with E-state index in [9.17, 15) is 4.79 Å². The van der Waals surface area contributed by atoms with Crippen molar-refractivity contribution in [1.82, 2.24) is 0 Å². The van der Waals surface area contributed by atoms with Crippen molar-refractivity contribution in [2.75, 3.05) is 26.2 Å². The van der Waals surface area contributed by atoms with Gasteiger partial charge in [0.25, 0.3) is 0 Å². The third kappa shape index (κ3) is 7.82. The number of rotatable bonds is 7. The highest BCUT2D eigenvalue weighted by molar-refractivity contribution is 6.17. The second-order valence-corrected chi connectivity index (χ2v) is 2.74. The standard InChI is InChI=1S/C8H15ClO3/c1-11-6-7-12-8(10)4-2-3-5-9/h2-7H2,1H3. The first-order valence-corrected chi connectivity index (χ1v) is 4.55. The Kier molecular flexibility index (Phi) is 8.61. The van der Waals surface area contributed by atoms with E-state index in [0.717, 1.165) is 12.8 Å². The van der Waals surface area contributed by atoms with Gasteiger partial charge in [-0.05, 0) is 12.8 Å². The van der Waals surface area contributed by atoms with Gasteiger partial charge in [-0.15, -0.1) is 11.6 Å². The van der Waals surface area contributed by atoms with E-state index in [-0.39, 0.29) is 5.97 Å². The fourth-order valence-electron chi connectivity index (χ4n) is 0.675. The molecule has 0 aromatic heterocycles. The summed E-state index contributed by atoms with van der Waals surface area (Å²) in [7, 11) is 1.57. The first-order chi connectivity index (χ1) is 5.81. The van der Waals surface area contributed by atoms with Gasteiger partial charge in [0.15, 0.2) is 0 Å². The summed E-state index contributed by atoms with van der Waals surface area (Å²) in [6.45, 7) is 0.803. The average Bonchev–Trinajstić information content (AvgIpc) is 2.06. The van der Waals surface area contributed by atoms with E-state index in [1.54, 1.807) is 7.11 Å². The largest absolute Gasteiger partial charge is 0.463 e. The quantitative estimate of drug-likeness (QED) is 0.351. The minimum Gasteiger partial charge on any atom is -0.463 e. The van der Waals surface area contributed by atoms with Crippen molar-refractivity contribution in [2.45, 2.75) is 19.3 Å². The minimum atomic E-state index is -0.169. The maximum Gasteiger partial charge on any atom is 0.305 e. The molecule has 0 N–H and O–H groups in total. The van der Waals surface area contributed by atoms with Crippen molar-refractivity contribution in [1.29, 1.82) is 0 Å². The Hall–Kier alpha value is -0.280. The molecule has 0 saturated carbocycles. The van der Waals surface area contributed by atoms with Crippen LogP contribution in [0.2, 0.25) is 0 Å².